The third kappa shape index (κ3) is 3.45. The molecule has 0 saturated heterocycles. The Balaban J connectivity index is 2.03. The second-order valence-electron chi connectivity index (χ2n) is 8.98. The molecule has 3 aliphatic carbocycles. The second kappa shape index (κ2) is 8.51. The number of carbonyl (C=O) groups excluding carboxylic acids is 5. The van der Waals surface area contributed by atoms with Gasteiger partial charge in [0.15, 0.2) is 29.4 Å². The summed E-state index contributed by atoms with van der Waals surface area (Å²) >= 11 is 0. The molecule has 1 aromatic rings. The van der Waals surface area contributed by atoms with Gasteiger partial charge in [0, 0.05) is 26.3 Å². The predicted octanol–water partition coefficient (Wildman–Crippen LogP) is 0.544. The van der Waals surface area contributed by atoms with Crippen LogP contribution in [0.5, 0.6) is 5.75 Å². The highest BCUT2D eigenvalue weighted by atomic mass is 16.6. The molecule has 4 rings (SSSR count). The molecule has 188 valence electrons. The van der Waals surface area contributed by atoms with E-state index in [-0.39, 0.29) is 22.3 Å². The van der Waals surface area contributed by atoms with Crippen molar-refractivity contribution < 1.29 is 53.2 Å². The van der Waals surface area contributed by atoms with Gasteiger partial charge in [-0.15, -0.1) is 0 Å². The van der Waals surface area contributed by atoms with Crippen LogP contribution in [0.25, 0.3) is 5.53 Å². The van der Waals surface area contributed by atoms with Gasteiger partial charge in [-0.25, -0.2) is 0 Å². The summed E-state index contributed by atoms with van der Waals surface area (Å²) in [7, 11) is 0. The van der Waals surface area contributed by atoms with Gasteiger partial charge in [-0.3, -0.25) is 24.0 Å². The number of fused-ring (bicyclic) bond motifs is 3. The summed E-state index contributed by atoms with van der Waals surface area (Å²) in [6.45, 7) is 4.36. The Hall–Kier alpha value is -4.15. The molecule has 0 fully saturated rings. The molecule has 2 unspecified atom stereocenters. The molecule has 0 radical (unpaired) electrons. The number of hydrogen-bond acceptors (Lipinski definition) is 10. The second-order valence-corrected chi connectivity index (χ2v) is 8.98. The number of carbonyl (C=O) groups is 5. The number of Topliss-reactive ketones (excluding diaryl/α,β-unsaturated/α-hetero) is 2. The van der Waals surface area contributed by atoms with E-state index in [2.05, 4.69) is 4.79 Å². The first kappa shape index (κ1) is 25.0. The van der Waals surface area contributed by atoms with Gasteiger partial charge >= 0.3 is 23.6 Å². The number of phenolic OH excluding ortho intramolecular Hbond substituents is 1. The number of ketones is 2. The number of rotatable bonds is 3. The topological polar surface area (TPSA) is 190 Å². The minimum absolute atomic E-state index is 0.124. The fourth-order valence-corrected chi connectivity index (χ4v) is 5.50. The van der Waals surface area contributed by atoms with Gasteiger partial charge in [-0.2, -0.15) is 4.79 Å². The van der Waals surface area contributed by atoms with Crippen LogP contribution >= 0.6 is 0 Å². The fraction of sp³-hybridized carbons (Fsp3) is 0.417. The van der Waals surface area contributed by atoms with Crippen molar-refractivity contribution in [1.82, 2.24) is 0 Å². The summed E-state index contributed by atoms with van der Waals surface area (Å²) in [5.74, 6) is -7.50. The summed E-state index contributed by atoms with van der Waals surface area (Å²) in [5.41, 5.74) is 6.72. The monoisotopic (exact) mass is 498 g/mol. The SMILES string of the molecule is CC(=O)O[C@@H]1C2=C(C3C(=O)c4cccc(O)c4C(=O)C3C2=[N+]=[N-])[C@H](O)[C@@H](OC(C)=O)[C@]1(C)OC(C)=O. The zero-order valence-corrected chi connectivity index (χ0v) is 19.7. The van der Waals surface area contributed by atoms with Crippen LogP contribution in [0.3, 0.4) is 0 Å². The first-order valence-electron chi connectivity index (χ1n) is 10.9. The number of nitrogens with zero attached hydrogens (tertiary/aromatic N) is 2. The van der Waals surface area contributed by atoms with Gasteiger partial charge in [0.1, 0.15) is 17.8 Å². The van der Waals surface area contributed by atoms with Crippen molar-refractivity contribution in [3.05, 3.63) is 46.0 Å². The predicted molar refractivity (Wildman–Crippen MR) is 117 cm³/mol. The van der Waals surface area contributed by atoms with Crippen LogP contribution in [0.4, 0.5) is 0 Å². The smallest absolute Gasteiger partial charge is 0.311 e. The van der Waals surface area contributed by atoms with E-state index >= 15 is 0 Å². The molecule has 0 heterocycles. The number of hydrogen-bond donors (Lipinski definition) is 2. The number of ether oxygens (including phenoxy) is 3. The molecule has 2 N–H and O–H groups in total. The Bertz CT molecular complexity index is 1320. The molecule has 0 spiro atoms. The van der Waals surface area contributed by atoms with E-state index in [9.17, 15) is 39.7 Å². The molecular weight excluding hydrogens is 476 g/mol. The van der Waals surface area contributed by atoms with Crippen molar-refractivity contribution in [2.24, 2.45) is 11.8 Å². The van der Waals surface area contributed by atoms with Crippen molar-refractivity contribution in [1.29, 1.82) is 0 Å². The van der Waals surface area contributed by atoms with Crippen molar-refractivity contribution in [3.8, 4) is 5.75 Å². The van der Waals surface area contributed by atoms with E-state index in [1.807, 2.05) is 0 Å². The molecule has 0 aromatic heterocycles. The number of benzene rings is 1. The van der Waals surface area contributed by atoms with Crippen molar-refractivity contribution in [3.63, 3.8) is 0 Å². The molecule has 6 atom stereocenters. The van der Waals surface area contributed by atoms with E-state index in [0.717, 1.165) is 20.8 Å². The molecule has 12 heteroatoms. The minimum Gasteiger partial charge on any atom is -0.507 e. The summed E-state index contributed by atoms with van der Waals surface area (Å²) in [5, 5.41) is 21.7. The average Bonchev–Trinajstić information content (AvgIpc) is 3.12. The quantitative estimate of drug-likeness (QED) is 0.257. The fourth-order valence-electron chi connectivity index (χ4n) is 5.50. The van der Waals surface area contributed by atoms with Crippen LogP contribution in [0, 0.1) is 11.8 Å². The number of phenols is 1. The van der Waals surface area contributed by atoms with Gasteiger partial charge in [0.05, 0.1) is 17.1 Å². The van der Waals surface area contributed by atoms with Crippen LogP contribution in [-0.4, -0.2) is 74.1 Å². The maximum absolute atomic E-state index is 13.6. The largest absolute Gasteiger partial charge is 0.507 e. The number of aromatic hydroxyl groups is 1. The van der Waals surface area contributed by atoms with E-state index in [0.29, 0.717) is 0 Å². The molecule has 0 aliphatic heterocycles. The first-order chi connectivity index (χ1) is 16.8. The number of aliphatic hydroxyl groups excluding tert-OH is 1. The zero-order chi connectivity index (χ0) is 26.7. The lowest BCUT2D eigenvalue weighted by molar-refractivity contribution is -0.217. The van der Waals surface area contributed by atoms with Crippen LogP contribution in [0.2, 0.25) is 0 Å². The summed E-state index contributed by atoms with van der Waals surface area (Å²) in [6.07, 6.45) is -5.15. The molecule has 1 aromatic carbocycles. The van der Waals surface area contributed by atoms with Crippen LogP contribution < -0.4 is 0 Å². The molecule has 0 bridgehead atoms. The number of esters is 3. The third-order valence-corrected chi connectivity index (χ3v) is 6.67. The normalized spacial score (nSPS) is 30.6. The molecule has 0 saturated carbocycles. The van der Waals surface area contributed by atoms with Crippen LogP contribution in [-0.2, 0) is 28.6 Å². The van der Waals surface area contributed by atoms with Gasteiger partial charge in [-0.05, 0) is 18.6 Å². The van der Waals surface area contributed by atoms with Gasteiger partial charge < -0.3 is 30.0 Å². The summed E-state index contributed by atoms with van der Waals surface area (Å²) in [4.78, 5) is 66.5. The van der Waals surface area contributed by atoms with Crippen molar-refractivity contribution >= 4 is 35.2 Å². The Morgan fingerprint density at radius 2 is 1.64 bits per heavy atom. The summed E-state index contributed by atoms with van der Waals surface area (Å²) < 4.78 is 16.2. The van der Waals surface area contributed by atoms with Gasteiger partial charge in [0.25, 0.3) is 0 Å². The summed E-state index contributed by atoms with van der Waals surface area (Å²) in [6, 6.07) is 3.90. The molecule has 3 aliphatic rings. The third-order valence-electron chi connectivity index (χ3n) is 6.67. The maximum Gasteiger partial charge on any atom is 0.311 e. The Kier molecular flexibility index (Phi) is 5.90. The van der Waals surface area contributed by atoms with E-state index in [4.69, 9.17) is 14.2 Å². The van der Waals surface area contributed by atoms with E-state index < -0.39 is 76.7 Å². The Morgan fingerprint density at radius 3 is 2.19 bits per heavy atom. The zero-order valence-electron chi connectivity index (χ0n) is 19.7. The molecule has 0 amide bonds. The standard InChI is InChI=1S/C24H22N2O10/c1-8(27)34-22-17-15(21(33)23(35-9(2)28)24(22,4)36-10(3)29)14-16(18(17)26-25)20(32)13-11(19(14)31)6-5-7-12(13)30/h5-7,14,16,21-23,30,33H,1-4H3/t14?,16?,21-,22+,23+,24+/m0/s1. The van der Waals surface area contributed by atoms with Gasteiger partial charge in [-0.1, -0.05) is 12.1 Å². The lowest BCUT2D eigenvalue weighted by Crippen LogP contribution is -2.64. The lowest BCUT2D eigenvalue weighted by Gasteiger charge is -2.46. The van der Waals surface area contributed by atoms with Crippen molar-refractivity contribution in [2.45, 2.75) is 51.6 Å². The Labute approximate surface area is 204 Å². The number of aliphatic hydroxyl groups is 1. The Morgan fingerprint density at radius 1 is 1.00 bits per heavy atom. The highest BCUT2D eigenvalue weighted by Gasteiger charge is 2.69. The van der Waals surface area contributed by atoms with E-state index in [1.54, 1.807) is 0 Å². The highest BCUT2D eigenvalue weighted by molar-refractivity contribution is 6.29. The highest BCUT2D eigenvalue weighted by Crippen LogP contribution is 2.53. The van der Waals surface area contributed by atoms with E-state index in [1.165, 1.54) is 25.1 Å². The van der Waals surface area contributed by atoms with Crippen LogP contribution in [0.1, 0.15) is 48.4 Å². The molecular formula is C24H22N2O10. The lowest BCUT2D eigenvalue weighted by atomic mass is 9.70. The van der Waals surface area contributed by atoms with Crippen LogP contribution in [0.15, 0.2) is 29.3 Å². The first-order valence-corrected chi connectivity index (χ1v) is 10.9. The van der Waals surface area contributed by atoms with Gasteiger partial charge in [0.2, 0.25) is 0 Å². The average molecular weight is 498 g/mol. The molecule has 36 heavy (non-hydrogen) atoms. The molecule has 12 nitrogen and oxygen atoms in total. The maximum atomic E-state index is 13.6. The van der Waals surface area contributed by atoms with Crippen molar-refractivity contribution in [2.75, 3.05) is 0 Å². The minimum atomic E-state index is -2.05.